The van der Waals surface area contributed by atoms with Gasteiger partial charge in [-0.25, -0.2) is 13.6 Å². The summed E-state index contributed by atoms with van der Waals surface area (Å²) in [5, 5.41) is 8.51. The molecule has 0 aliphatic carbocycles. The molecule has 1 aromatic heterocycles. The predicted molar refractivity (Wildman–Crippen MR) is 114 cm³/mol. The average molecular weight is 529 g/mol. The third-order valence-electron chi connectivity index (χ3n) is 4.82. The molecular weight excluding hydrogens is 516 g/mol. The van der Waals surface area contributed by atoms with Gasteiger partial charge in [0.15, 0.2) is 0 Å². The van der Waals surface area contributed by atoms with Gasteiger partial charge < -0.3 is 9.26 Å². The van der Waals surface area contributed by atoms with Gasteiger partial charge in [-0.15, -0.1) is 13.2 Å². The number of ether oxygens (including phenoxy) is 1. The third kappa shape index (κ3) is 5.49. The summed E-state index contributed by atoms with van der Waals surface area (Å²) < 4.78 is 112. The first-order chi connectivity index (χ1) is 16.7. The molecule has 3 aromatic carbocycles. The summed E-state index contributed by atoms with van der Waals surface area (Å²) in [6.07, 6.45) is -9.97. The Kier molecular flexibility index (Phi) is 6.26. The van der Waals surface area contributed by atoms with E-state index in [1.165, 1.54) is 24.3 Å². The molecule has 0 atom stereocenters. The van der Waals surface area contributed by atoms with E-state index in [1.807, 2.05) is 0 Å². The fraction of sp³-hybridized carbons (Fsp3) is 0.0909. The average Bonchev–Trinajstić information content (AvgIpc) is 3.27. The van der Waals surface area contributed by atoms with Crippen LogP contribution in [0.1, 0.15) is 5.56 Å². The molecule has 0 saturated heterocycles. The molecule has 7 nitrogen and oxygen atoms in total. The zero-order valence-electron chi connectivity index (χ0n) is 17.6. The Morgan fingerprint density at radius 1 is 0.833 bits per heavy atom. The molecule has 2 N–H and O–H groups in total. The molecule has 0 fully saturated rings. The Balaban J connectivity index is 1.75. The third-order valence-corrected chi connectivity index (χ3v) is 5.77. The van der Waals surface area contributed by atoms with Gasteiger partial charge in [0.05, 0.1) is 5.56 Å². The zero-order chi connectivity index (χ0) is 26.3. The summed E-state index contributed by atoms with van der Waals surface area (Å²) in [7, 11) is -4.58. The molecule has 0 aliphatic rings. The number of nitrogens with two attached hydrogens (primary N) is 1. The Hall–Kier alpha value is -3.91. The second-order valence-corrected chi connectivity index (χ2v) is 8.83. The van der Waals surface area contributed by atoms with Crippen molar-refractivity contribution in [3.8, 4) is 39.7 Å². The SMILES string of the molecule is NS(=O)(=O)c1ccc(-c2noc(-c3ccc(-c4ccccc4)c(C(F)(F)F)c3)n2)cc1OC(F)(F)F. The van der Waals surface area contributed by atoms with Crippen LogP contribution >= 0.6 is 0 Å². The summed E-state index contributed by atoms with van der Waals surface area (Å²) in [5.74, 6) is -1.83. The minimum Gasteiger partial charge on any atom is -0.404 e. The molecule has 36 heavy (non-hydrogen) atoms. The summed E-state index contributed by atoms with van der Waals surface area (Å²) in [4.78, 5) is 3.00. The molecule has 4 rings (SSSR count). The number of sulfonamides is 1. The number of alkyl halides is 6. The van der Waals surface area contributed by atoms with Crippen LogP contribution in [0.3, 0.4) is 0 Å². The molecule has 0 unspecified atom stereocenters. The van der Waals surface area contributed by atoms with Crippen LogP contribution in [-0.2, 0) is 16.2 Å². The van der Waals surface area contributed by atoms with Crippen LogP contribution in [0, 0.1) is 0 Å². The fourth-order valence-electron chi connectivity index (χ4n) is 3.33. The number of hydrogen-bond acceptors (Lipinski definition) is 6. The molecule has 188 valence electrons. The number of primary sulfonamides is 1. The minimum atomic E-state index is -5.24. The van der Waals surface area contributed by atoms with Crippen molar-refractivity contribution in [2.75, 3.05) is 0 Å². The van der Waals surface area contributed by atoms with Crippen molar-refractivity contribution in [2.45, 2.75) is 17.4 Å². The van der Waals surface area contributed by atoms with Crippen LogP contribution in [0.4, 0.5) is 26.3 Å². The van der Waals surface area contributed by atoms with Gasteiger partial charge in [-0.2, -0.15) is 18.2 Å². The molecule has 0 aliphatic heterocycles. The largest absolute Gasteiger partial charge is 0.573 e. The molecule has 14 heteroatoms. The highest BCUT2D eigenvalue weighted by Crippen LogP contribution is 2.40. The first kappa shape index (κ1) is 25.2. The fourth-order valence-corrected chi connectivity index (χ4v) is 3.96. The van der Waals surface area contributed by atoms with E-state index in [0.717, 1.165) is 18.2 Å². The van der Waals surface area contributed by atoms with E-state index in [9.17, 15) is 34.8 Å². The van der Waals surface area contributed by atoms with Crippen molar-refractivity contribution in [1.82, 2.24) is 10.1 Å². The number of halogens is 6. The lowest BCUT2D eigenvalue weighted by Gasteiger charge is -2.14. The molecule has 0 radical (unpaired) electrons. The van der Waals surface area contributed by atoms with Gasteiger partial charge in [0.2, 0.25) is 15.8 Å². The van der Waals surface area contributed by atoms with Crippen molar-refractivity contribution in [1.29, 1.82) is 0 Å². The maximum atomic E-state index is 13.8. The summed E-state index contributed by atoms with van der Waals surface area (Å²) in [6, 6.07) is 13.7. The number of benzene rings is 3. The second-order valence-electron chi connectivity index (χ2n) is 7.30. The van der Waals surface area contributed by atoms with E-state index < -0.39 is 38.8 Å². The first-order valence-electron chi connectivity index (χ1n) is 9.76. The van der Waals surface area contributed by atoms with Gasteiger partial charge in [-0.1, -0.05) is 41.6 Å². The Bertz CT molecular complexity index is 1520. The number of aromatic nitrogens is 2. The van der Waals surface area contributed by atoms with Crippen LogP contribution in [0.5, 0.6) is 5.75 Å². The van der Waals surface area contributed by atoms with E-state index in [0.29, 0.717) is 11.6 Å². The standard InChI is InChI=1S/C22H13F6N3O4S/c23-21(24,25)16-10-14(6-8-15(16)12-4-2-1-3-5-12)20-30-19(31-35-20)13-7-9-18(36(29,32)33)17(11-13)34-22(26,27)28/h1-11H,(H2,29,32,33). The van der Waals surface area contributed by atoms with Crippen LogP contribution in [0.15, 0.2) is 76.1 Å². The molecule has 0 spiro atoms. The highest BCUT2D eigenvalue weighted by molar-refractivity contribution is 7.89. The lowest BCUT2D eigenvalue weighted by molar-refractivity contribution is -0.275. The van der Waals surface area contributed by atoms with Gasteiger partial charge in [0.25, 0.3) is 5.89 Å². The highest BCUT2D eigenvalue weighted by atomic mass is 32.2. The molecule has 1 heterocycles. The number of nitrogens with zero attached hydrogens (tertiary/aromatic N) is 2. The van der Waals surface area contributed by atoms with E-state index in [1.54, 1.807) is 18.2 Å². The van der Waals surface area contributed by atoms with Crippen LogP contribution < -0.4 is 9.88 Å². The van der Waals surface area contributed by atoms with Crippen molar-refractivity contribution < 1.29 is 44.0 Å². The molecule has 4 aromatic rings. The van der Waals surface area contributed by atoms with Gasteiger partial charge in [0.1, 0.15) is 10.6 Å². The number of rotatable bonds is 5. The quantitative estimate of drug-likeness (QED) is 0.336. The van der Waals surface area contributed by atoms with Gasteiger partial charge in [0, 0.05) is 11.1 Å². The lowest BCUT2D eigenvalue weighted by Crippen LogP contribution is -2.21. The van der Waals surface area contributed by atoms with E-state index in [4.69, 9.17) is 9.66 Å². The predicted octanol–water partition coefficient (Wildman–Crippen LogP) is 5.64. The maximum absolute atomic E-state index is 13.8. The molecule has 0 saturated carbocycles. The summed E-state index contributed by atoms with van der Waals surface area (Å²) in [5.41, 5.74) is -1.000. The monoisotopic (exact) mass is 529 g/mol. The Morgan fingerprint density at radius 3 is 2.11 bits per heavy atom. The van der Waals surface area contributed by atoms with Gasteiger partial charge >= 0.3 is 12.5 Å². The Morgan fingerprint density at radius 2 is 1.50 bits per heavy atom. The molecule has 0 amide bonds. The zero-order valence-corrected chi connectivity index (χ0v) is 18.4. The van der Waals surface area contributed by atoms with Crippen molar-refractivity contribution in [3.05, 3.63) is 72.3 Å². The maximum Gasteiger partial charge on any atom is 0.573 e. The van der Waals surface area contributed by atoms with E-state index in [2.05, 4.69) is 14.9 Å². The van der Waals surface area contributed by atoms with Gasteiger partial charge in [-0.05, 0) is 41.5 Å². The normalized spacial score (nSPS) is 12.5. The Labute approximate surface area is 199 Å². The summed E-state index contributed by atoms with van der Waals surface area (Å²) >= 11 is 0. The first-order valence-corrected chi connectivity index (χ1v) is 11.3. The lowest BCUT2D eigenvalue weighted by atomic mass is 9.97. The van der Waals surface area contributed by atoms with Gasteiger partial charge in [-0.3, -0.25) is 0 Å². The second kappa shape index (κ2) is 8.95. The van der Waals surface area contributed by atoms with Crippen LogP contribution in [0.25, 0.3) is 34.0 Å². The molecular formula is C22H13F6N3O4S. The van der Waals surface area contributed by atoms with E-state index in [-0.39, 0.29) is 28.4 Å². The van der Waals surface area contributed by atoms with Crippen LogP contribution in [0.2, 0.25) is 0 Å². The van der Waals surface area contributed by atoms with E-state index >= 15 is 0 Å². The van der Waals surface area contributed by atoms with Crippen molar-refractivity contribution >= 4 is 10.0 Å². The topological polar surface area (TPSA) is 108 Å². The number of hydrogen-bond donors (Lipinski definition) is 1. The van der Waals surface area contributed by atoms with Crippen LogP contribution in [-0.4, -0.2) is 24.9 Å². The minimum absolute atomic E-state index is 0.0842. The molecule has 0 bridgehead atoms. The highest BCUT2D eigenvalue weighted by Gasteiger charge is 2.35. The van der Waals surface area contributed by atoms with Crippen molar-refractivity contribution in [2.24, 2.45) is 5.14 Å². The summed E-state index contributed by atoms with van der Waals surface area (Å²) in [6.45, 7) is 0. The van der Waals surface area contributed by atoms with Crippen molar-refractivity contribution in [3.63, 3.8) is 0 Å². The smallest absolute Gasteiger partial charge is 0.404 e.